The van der Waals surface area contributed by atoms with Gasteiger partial charge in [0.2, 0.25) is 0 Å². The molecular formula is C20H21ClFN3OS. The maximum absolute atomic E-state index is 14.1. The van der Waals surface area contributed by atoms with E-state index in [0.717, 1.165) is 17.8 Å². The SMILES string of the molecule is CCN(CC)CCN(C(=O)c1cccc(Cl)c1)c1nc2c(F)cccc2s1. The standard InChI is InChI=1S/C20H21ClFN3OS/c1-3-24(4-2)11-12-25(19(26)14-7-5-8-15(21)13-14)20-23-18-16(22)9-6-10-17(18)27-20/h5-10,13H,3-4,11-12H2,1-2H3. The molecule has 0 saturated carbocycles. The van der Waals surface area contributed by atoms with Crippen molar-refractivity contribution in [3.8, 4) is 0 Å². The molecule has 0 aliphatic rings. The number of rotatable bonds is 7. The number of anilines is 1. The summed E-state index contributed by atoms with van der Waals surface area (Å²) in [5, 5.41) is 0.993. The van der Waals surface area contributed by atoms with Gasteiger partial charge in [0, 0.05) is 23.7 Å². The minimum atomic E-state index is -0.381. The minimum absolute atomic E-state index is 0.191. The molecule has 0 radical (unpaired) electrons. The van der Waals surface area contributed by atoms with Crippen molar-refractivity contribution in [2.24, 2.45) is 0 Å². The summed E-state index contributed by atoms with van der Waals surface area (Å²) in [4.78, 5) is 21.4. The van der Waals surface area contributed by atoms with Crippen LogP contribution in [0.4, 0.5) is 9.52 Å². The molecule has 3 rings (SSSR count). The van der Waals surface area contributed by atoms with E-state index in [0.29, 0.717) is 34.3 Å². The predicted molar refractivity (Wildman–Crippen MR) is 110 cm³/mol. The van der Waals surface area contributed by atoms with Crippen molar-refractivity contribution >= 4 is 44.2 Å². The van der Waals surface area contributed by atoms with Gasteiger partial charge in [-0.3, -0.25) is 9.69 Å². The number of benzene rings is 2. The summed E-state index contributed by atoms with van der Waals surface area (Å²) >= 11 is 7.37. The fourth-order valence-corrected chi connectivity index (χ4v) is 4.06. The Labute approximate surface area is 167 Å². The van der Waals surface area contributed by atoms with E-state index in [9.17, 15) is 9.18 Å². The van der Waals surface area contributed by atoms with Crippen LogP contribution < -0.4 is 4.90 Å². The number of fused-ring (bicyclic) bond motifs is 1. The Kier molecular flexibility index (Phi) is 6.42. The quantitative estimate of drug-likeness (QED) is 0.550. The van der Waals surface area contributed by atoms with Gasteiger partial charge in [-0.2, -0.15) is 0 Å². The first kappa shape index (κ1) is 19.7. The Balaban J connectivity index is 1.97. The maximum Gasteiger partial charge on any atom is 0.260 e. The molecule has 1 aromatic heterocycles. The van der Waals surface area contributed by atoms with Gasteiger partial charge >= 0.3 is 0 Å². The normalized spacial score (nSPS) is 11.3. The van der Waals surface area contributed by atoms with Crippen LogP contribution in [0.3, 0.4) is 0 Å². The van der Waals surface area contributed by atoms with Gasteiger partial charge in [0.05, 0.1) is 4.70 Å². The fourth-order valence-electron chi connectivity index (χ4n) is 2.86. The summed E-state index contributed by atoms with van der Waals surface area (Å²) in [6, 6.07) is 11.7. The second kappa shape index (κ2) is 8.78. The van der Waals surface area contributed by atoms with Crippen molar-refractivity contribution in [2.45, 2.75) is 13.8 Å². The average Bonchev–Trinajstić information content (AvgIpc) is 3.10. The lowest BCUT2D eigenvalue weighted by Crippen LogP contribution is -2.38. The van der Waals surface area contributed by atoms with Crippen LogP contribution in [0, 0.1) is 5.82 Å². The number of carbonyl (C=O) groups excluding carboxylic acids is 1. The highest BCUT2D eigenvalue weighted by Crippen LogP contribution is 2.31. The molecule has 0 saturated heterocycles. The molecule has 0 fully saturated rings. The molecule has 0 aliphatic heterocycles. The highest BCUT2D eigenvalue weighted by Gasteiger charge is 2.22. The molecule has 1 heterocycles. The van der Waals surface area contributed by atoms with E-state index in [2.05, 4.69) is 23.7 Å². The molecule has 2 aromatic carbocycles. The van der Waals surface area contributed by atoms with Crippen molar-refractivity contribution in [3.05, 3.63) is 58.9 Å². The topological polar surface area (TPSA) is 36.4 Å². The molecule has 0 spiro atoms. The summed E-state index contributed by atoms with van der Waals surface area (Å²) in [5.41, 5.74) is 0.783. The highest BCUT2D eigenvalue weighted by atomic mass is 35.5. The first-order chi connectivity index (χ1) is 13.0. The Bertz CT molecular complexity index is 942. The van der Waals surface area contributed by atoms with Crippen molar-refractivity contribution in [1.82, 2.24) is 9.88 Å². The van der Waals surface area contributed by atoms with Crippen molar-refractivity contribution in [2.75, 3.05) is 31.1 Å². The minimum Gasteiger partial charge on any atom is -0.302 e. The number of likely N-dealkylation sites (N-methyl/N-ethyl adjacent to an activating group) is 1. The number of carbonyl (C=O) groups is 1. The Hall–Kier alpha value is -2.02. The Morgan fingerprint density at radius 2 is 1.89 bits per heavy atom. The van der Waals surface area contributed by atoms with E-state index < -0.39 is 0 Å². The molecule has 3 aromatic rings. The smallest absolute Gasteiger partial charge is 0.260 e. The lowest BCUT2D eigenvalue weighted by molar-refractivity contribution is 0.0983. The van der Waals surface area contributed by atoms with Crippen LogP contribution >= 0.6 is 22.9 Å². The molecule has 0 bridgehead atoms. The van der Waals surface area contributed by atoms with E-state index >= 15 is 0 Å². The number of thiazole rings is 1. The fraction of sp³-hybridized carbons (Fsp3) is 0.300. The Morgan fingerprint density at radius 1 is 1.15 bits per heavy atom. The van der Waals surface area contributed by atoms with Crippen LogP contribution in [0.2, 0.25) is 5.02 Å². The summed E-state index contributed by atoms with van der Waals surface area (Å²) in [6.45, 7) is 7.12. The molecule has 4 nitrogen and oxygen atoms in total. The van der Waals surface area contributed by atoms with Crippen molar-refractivity contribution in [3.63, 3.8) is 0 Å². The van der Waals surface area contributed by atoms with Crippen LogP contribution in [0.1, 0.15) is 24.2 Å². The Morgan fingerprint density at radius 3 is 2.56 bits per heavy atom. The molecule has 7 heteroatoms. The second-order valence-corrected chi connectivity index (χ2v) is 7.52. The van der Waals surface area contributed by atoms with Gasteiger partial charge in [0.1, 0.15) is 11.3 Å². The number of para-hydroxylation sites is 1. The zero-order valence-corrected chi connectivity index (χ0v) is 16.9. The van der Waals surface area contributed by atoms with Gasteiger partial charge in [-0.05, 0) is 43.4 Å². The maximum atomic E-state index is 14.1. The van der Waals surface area contributed by atoms with Gasteiger partial charge in [-0.25, -0.2) is 9.37 Å². The zero-order valence-electron chi connectivity index (χ0n) is 15.3. The lowest BCUT2D eigenvalue weighted by atomic mass is 10.2. The van der Waals surface area contributed by atoms with Gasteiger partial charge in [-0.15, -0.1) is 0 Å². The molecule has 0 unspecified atom stereocenters. The largest absolute Gasteiger partial charge is 0.302 e. The molecular weight excluding hydrogens is 385 g/mol. The van der Waals surface area contributed by atoms with Crippen LogP contribution in [0.15, 0.2) is 42.5 Å². The van der Waals surface area contributed by atoms with Crippen LogP contribution in [0.5, 0.6) is 0 Å². The number of hydrogen-bond donors (Lipinski definition) is 0. The predicted octanol–water partition coefficient (Wildman–Crippen LogP) is 5.08. The molecule has 27 heavy (non-hydrogen) atoms. The summed E-state index contributed by atoms with van der Waals surface area (Å²) < 4.78 is 14.8. The third kappa shape index (κ3) is 4.46. The van der Waals surface area contributed by atoms with Crippen molar-refractivity contribution in [1.29, 1.82) is 0 Å². The summed E-state index contributed by atoms with van der Waals surface area (Å²) in [5.74, 6) is -0.571. The van der Waals surface area contributed by atoms with Gasteiger partial charge in [0.25, 0.3) is 5.91 Å². The van der Waals surface area contributed by atoms with E-state index in [1.807, 2.05) is 6.07 Å². The van der Waals surface area contributed by atoms with Gasteiger partial charge < -0.3 is 4.90 Å². The van der Waals surface area contributed by atoms with Gasteiger partial charge in [0.15, 0.2) is 5.13 Å². The van der Waals surface area contributed by atoms with Crippen LogP contribution in [0.25, 0.3) is 10.2 Å². The van der Waals surface area contributed by atoms with Crippen LogP contribution in [-0.2, 0) is 0 Å². The lowest BCUT2D eigenvalue weighted by Gasteiger charge is -2.24. The van der Waals surface area contributed by atoms with E-state index in [4.69, 9.17) is 11.6 Å². The number of amides is 1. The zero-order chi connectivity index (χ0) is 19.4. The third-order valence-corrected chi connectivity index (χ3v) is 5.72. The molecule has 1 amide bonds. The van der Waals surface area contributed by atoms with E-state index in [1.54, 1.807) is 35.2 Å². The summed E-state index contributed by atoms with van der Waals surface area (Å²) in [7, 11) is 0. The number of nitrogens with zero attached hydrogens (tertiary/aromatic N) is 3. The van der Waals surface area contributed by atoms with Gasteiger partial charge in [-0.1, -0.05) is 48.9 Å². The number of hydrogen-bond acceptors (Lipinski definition) is 4. The monoisotopic (exact) mass is 405 g/mol. The van der Waals surface area contributed by atoms with E-state index in [1.165, 1.54) is 17.4 Å². The second-order valence-electron chi connectivity index (χ2n) is 6.08. The molecule has 0 aliphatic carbocycles. The number of halogens is 2. The average molecular weight is 406 g/mol. The summed E-state index contributed by atoms with van der Waals surface area (Å²) in [6.07, 6.45) is 0. The first-order valence-corrected chi connectivity index (χ1v) is 10.1. The molecule has 0 N–H and O–H groups in total. The first-order valence-electron chi connectivity index (χ1n) is 8.88. The van der Waals surface area contributed by atoms with E-state index in [-0.39, 0.29) is 11.7 Å². The van der Waals surface area contributed by atoms with Crippen molar-refractivity contribution < 1.29 is 9.18 Å². The third-order valence-electron chi connectivity index (χ3n) is 4.44. The van der Waals surface area contributed by atoms with Crippen LogP contribution in [-0.4, -0.2) is 42.0 Å². The number of aromatic nitrogens is 1. The highest BCUT2D eigenvalue weighted by molar-refractivity contribution is 7.22. The molecule has 142 valence electrons. The molecule has 0 atom stereocenters.